The first-order valence-corrected chi connectivity index (χ1v) is 15.3. The summed E-state index contributed by atoms with van der Waals surface area (Å²) >= 11 is 0.972. The van der Waals surface area contributed by atoms with E-state index in [1.54, 1.807) is 4.57 Å². The molecule has 0 bridgehead atoms. The maximum absolute atomic E-state index is 14.3. The molecule has 0 N–H and O–H groups in total. The number of halogens is 2. The van der Waals surface area contributed by atoms with Crippen molar-refractivity contribution < 1.29 is 26.5 Å². The largest absolute Gasteiger partial charge is 0.361 e. The molecule has 1 aliphatic rings. The summed E-state index contributed by atoms with van der Waals surface area (Å²) in [6.07, 6.45) is 2.56. The van der Waals surface area contributed by atoms with Crippen LogP contribution in [0.1, 0.15) is 42.6 Å². The molecule has 2 aromatic carbocycles. The molecule has 4 heterocycles. The van der Waals surface area contributed by atoms with E-state index >= 15 is 0 Å². The van der Waals surface area contributed by atoms with Crippen molar-refractivity contribution in [3.63, 3.8) is 0 Å². The molecule has 1 aliphatic heterocycles. The minimum absolute atomic E-state index is 0.0415. The van der Waals surface area contributed by atoms with Gasteiger partial charge in [-0.3, -0.25) is 9.36 Å². The lowest BCUT2D eigenvalue weighted by Crippen LogP contribution is -2.39. The Morgan fingerprint density at radius 1 is 1.10 bits per heavy atom. The molecule has 0 saturated carbocycles. The van der Waals surface area contributed by atoms with Crippen LogP contribution in [0, 0.1) is 25.5 Å². The van der Waals surface area contributed by atoms with Gasteiger partial charge in [-0.15, -0.1) is 0 Å². The molecule has 14 heteroatoms. The van der Waals surface area contributed by atoms with Crippen LogP contribution in [-0.4, -0.2) is 52.4 Å². The van der Waals surface area contributed by atoms with E-state index in [2.05, 4.69) is 10.1 Å². The molecule has 1 atom stereocenters. The molecule has 6 rings (SSSR count). The van der Waals surface area contributed by atoms with Gasteiger partial charge in [-0.2, -0.15) is 0 Å². The maximum Gasteiger partial charge on any atom is 0.253 e. The second-order valence-corrected chi connectivity index (χ2v) is 13.6. The number of sulfonamides is 1. The van der Waals surface area contributed by atoms with Crippen molar-refractivity contribution in [1.29, 1.82) is 0 Å². The number of amides is 1. The first-order valence-electron chi connectivity index (χ1n) is 13.1. The number of hydrogen-bond acceptors (Lipinski definition) is 8. The third kappa shape index (κ3) is 4.59. The molecule has 42 heavy (non-hydrogen) atoms. The van der Waals surface area contributed by atoms with Crippen molar-refractivity contribution in [3.8, 4) is 16.3 Å². The van der Waals surface area contributed by atoms with Gasteiger partial charge < -0.3 is 9.42 Å². The third-order valence-electron chi connectivity index (χ3n) is 7.33. The number of aromatic nitrogens is 4. The van der Waals surface area contributed by atoms with E-state index in [-0.39, 0.29) is 22.2 Å². The minimum Gasteiger partial charge on any atom is -0.361 e. The van der Waals surface area contributed by atoms with Gasteiger partial charge in [0.25, 0.3) is 10.0 Å². The van der Waals surface area contributed by atoms with Crippen molar-refractivity contribution in [3.05, 3.63) is 71.5 Å². The van der Waals surface area contributed by atoms with E-state index in [1.165, 1.54) is 31.3 Å². The van der Waals surface area contributed by atoms with Crippen LogP contribution in [0.4, 0.5) is 14.5 Å². The van der Waals surface area contributed by atoms with E-state index in [0.717, 1.165) is 38.9 Å². The van der Waals surface area contributed by atoms with Gasteiger partial charge in [-0.25, -0.2) is 31.5 Å². The topological polar surface area (TPSA) is 114 Å². The van der Waals surface area contributed by atoms with Crippen LogP contribution in [0.3, 0.4) is 0 Å². The van der Waals surface area contributed by atoms with Gasteiger partial charge in [0.05, 0.1) is 29.0 Å². The van der Waals surface area contributed by atoms with Crippen LogP contribution in [0.25, 0.3) is 27.3 Å². The molecular weight excluding hydrogens is 586 g/mol. The molecule has 0 radical (unpaired) electrons. The van der Waals surface area contributed by atoms with Crippen molar-refractivity contribution in [2.45, 2.75) is 43.4 Å². The highest BCUT2D eigenvalue weighted by Gasteiger charge is 2.36. The third-order valence-corrected chi connectivity index (χ3v) is 10.6. The lowest BCUT2D eigenvalue weighted by molar-refractivity contribution is -0.120. The number of anilines is 1. The van der Waals surface area contributed by atoms with Gasteiger partial charge in [0.2, 0.25) is 5.91 Å². The predicted molar refractivity (Wildman–Crippen MR) is 153 cm³/mol. The zero-order valence-corrected chi connectivity index (χ0v) is 24.8. The Morgan fingerprint density at radius 3 is 2.57 bits per heavy atom. The van der Waals surface area contributed by atoms with Crippen LogP contribution in [0.15, 0.2) is 51.3 Å². The average Bonchev–Trinajstić information content (AvgIpc) is 3.66. The molecule has 1 amide bonds. The molecule has 1 fully saturated rings. The first-order chi connectivity index (χ1) is 20.0. The lowest BCUT2D eigenvalue weighted by atomic mass is 9.99. The van der Waals surface area contributed by atoms with E-state index in [1.807, 2.05) is 32.0 Å². The van der Waals surface area contributed by atoms with Gasteiger partial charge in [-0.1, -0.05) is 22.6 Å². The van der Waals surface area contributed by atoms with Crippen LogP contribution in [0.2, 0.25) is 0 Å². The van der Waals surface area contributed by atoms with Gasteiger partial charge in [0.15, 0.2) is 21.0 Å². The molecule has 0 spiro atoms. The molecule has 5 aromatic rings. The van der Waals surface area contributed by atoms with E-state index < -0.39 is 27.7 Å². The number of thiazole rings is 1. The Bertz CT molecular complexity index is 1940. The summed E-state index contributed by atoms with van der Waals surface area (Å²) in [6, 6.07) is 8.30. The smallest absolute Gasteiger partial charge is 0.253 e. The van der Waals surface area contributed by atoms with Crippen molar-refractivity contribution in [2.75, 3.05) is 19.0 Å². The Balaban J connectivity index is 1.58. The van der Waals surface area contributed by atoms with Crippen LogP contribution in [-0.2, 0) is 14.8 Å². The highest BCUT2D eigenvalue weighted by molar-refractivity contribution is 7.91. The van der Waals surface area contributed by atoms with Crippen molar-refractivity contribution in [2.24, 2.45) is 0 Å². The second-order valence-electron chi connectivity index (χ2n) is 10.2. The molecule has 0 aliphatic carbocycles. The van der Waals surface area contributed by atoms with E-state index in [4.69, 9.17) is 9.51 Å². The average molecular weight is 613 g/mol. The van der Waals surface area contributed by atoms with Crippen LogP contribution in [0.5, 0.6) is 0 Å². The van der Waals surface area contributed by atoms with Crippen LogP contribution < -0.4 is 4.90 Å². The zero-order valence-electron chi connectivity index (χ0n) is 23.1. The number of fused-ring (bicyclic) bond motifs is 1. The predicted octanol–water partition coefficient (Wildman–Crippen LogP) is 5.54. The highest BCUT2D eigenvalue weighted by Crippen LogP contribution is 2.40. The van der Waals surface area contributed by atoms with Crippen molar-refractivity contribution in [1.82, 2.24) is 24.0 Å². The number of nitrogens with zero attached hydrogens (tertiary/aromatic N) is 6. The number of carbonyl (C=O) groups is 1. The summed E-state index contributed by atoms with van der Waals surface area (Å²) in [7, 11) is -0.877. The fourth-order valence-corrected chi connectivity index (χ4v) is 7.61. The highest BCUT2D eigenvalue weighted by atomic mass is 32.2. The minimum atomic E-state index is -3.76. The number of aryl methyl sites for hydroxylation is 2. The van der Waals surface area contributed by atoms with Gasteiger partial charge in [-0.05, 0) is 56.5 Å². The Hall–Kier alpha value is -4.01. The number of piperidine rings is 1. The van der Waals surface area contributed by atoms with E-state index in [0.29, 0.717) is 46.3 Å². The molecule has 1 unspecified atom stereocenters. The summed E-state index contributed by atoms with van der Waals surface area (Å²) in [5.74, 6) is -1.28. The van der Waals surface area contributed by atoms with Gasteiger partial charge in [0.1, 0.15) is 11.6 Å². The molecule has 10 nitrogen and oxygen atoms in total. The number of benzene rings is 2. The summed E-state index contributed by atoms with van der Waals surface area (Å²) in [6.45, 7) is 3.66. The van der Waals surface area contributed by atoms with Crippen LogP contribution >= 0.6 is 11.3 Å². The van der Waals surface area contributed by atoms with Crippen molar-refractivity contribution >= 4 is 44.0 Å². The Morgan fingerprint density at radius 2 is 1.88 bits per heavy atom. The summed E-state index contributed by atoms with van der Waals surface area (Å²) in [5, 5.41) is 4.38. The molecule has 218 valence electrons. The number of hydrogen-bond donors (Lipinski definition) is 0. The zero-order chi connectivity index (χ0) is 29.9. The molecule has 1 saturated heterocycles. The number of carbonyl (C=O) groups excluding carboxylic acids is 1. The summed E-state index contributed by atoms with van der Waals surface area (Å²) in [5.41, 5.74) is 3.77. The maximum atomic E-state index is 14.3. The van der Waals surface area contributed by atoms with Gasteiger partial charge >= 0.3 is 0 Å². The summed E-state index contributed by atoms with van der Waals surface area (Å²) < 4.78 is 62.1. The standard InChI is InChI=1S/C28H26F2N6O4S2/c1-15-26(16(2)40-33-15)17-8-11-22-21(12-17)32-27(36(22)28-31-14-25(41-28)42(38,39)34(3)4)23-6-5-7-24(37)35(23)18-9-10-19(29)20(30)13-18/h8-14,23H,5-7H2,1-4H3. The summed E-state index contributed by atoms with van der Waals surface area (Å²) in [4.78, 5) is 24.1. The monoisotopic (exact) mass is 612 g/mol. The fourth-order valence-electron chi connectivity index (χ4n) is 5.30. The number of rotatable bonds is 6. The Kier molecular flexibility index (Phi) is 6.94. The van der Waals surface area contributed by atoms with Gasteiger partial charge in [0, 0.05) is 37.8 Å². The first kappa shape index (κ1) is 28.1. The van der Waals surface area contributed by atoms with E-state index in [9.17, 15) is 22.0 Å². The SMILES string of the molecule is Cc1noc(C)c1-c1ccc2c(c1)nc(C1CCCC(=O)N1c1ccc(F)c(F)c1)n2-c1ncc(S(=O)(=O)N(C)C)s1. The second kappa shape index (κ2) is 10.4. The quantitative estimate of drug-likeness (QED) is 0.247. The Labute approximate surface area is 244 Å². The number of imidazole rings is 1. The molecular formula is C28H26F2N6O4S2. The normalized spacial score (nSPS) is 16.2. The fraction of sp³-hybridized carbons (Fsp3) is 0.286. The lowest BCUT2D eigenvalue weighted by Gasteiger charge is -2.35. The molecule has 3 aromatic heterocycles.